The molecule has 1 aliphatic heterocycles. The first-order valence-corrected chi connectivity index (χ1v) is 9.72. The number of fused-ring (bicyclic) bond motifs is 1. The van der Waals surface area contributed by atoms with E-state index in [1.54, 1.807) is 25.5 Å². The number of nitrogen functional groups attached to an aromatic ring is 1. The van der Waals surface area contributed by atoms with Crippen molar-refractivity contribution in [1.29, 1.82) is 5.41 Å². The van der Waals surface area contributed by atoms with Crippen LogP contribution in [0.5, 0.6) is 0 Å². The van der Waals surface area contributed by atoms with Gasteiger partial charge in [-0.15, -0.1) is 0 Å². The Morgan fingerprint density at radius 3 is 2.77 bits per heavy atom. The normalized spacial score (nSPS) is 15.6. The van der Waals surface area contributed by atoms with E-state index in [0.717, 1.165) is 18.6 Å². The Morgan fingerprint density at radius 1 is 1.16 bits per heavy atom. The quantitative estimate of drug-likeness (QED) is 0.400. The number of nitrogens with one attached hydrogen (secondary N) is 1. The van der Waals surface area contributed by atoms with Crippen molar-refractivity contribution in [2.75, 3.05) is 24.2 Å². The third-order valence-corrected chi connectivity index (χ3v) is 5.31. The van der Waals surface area contributed by atoms with Crippen LogP contribution >= 0.6 is 0 Å². The lowest BCUT2D eigenvalue weighted by Crippen LogP contribution is -2.35. The lowest BCUT2D eigenvalue weighted by molar-refractivity contribution is 0.509. The van der Waals surface area contributed by atoms with Gasteiger partial charge in [0, 0.05) is 43.3 Å². The first kappa shape index (κ1) is 20.5. The molecule has 4 rings (SSSR count). The van der Waals surface area contributed by atoms with Gasteiger partial charge < -0.3 is 21.8 Å². The van der Waals surface area contributed by atoms with Gasteiger partial charge in [-0.1, -0.05) is 0 Å². The Bertz CT molecular complexity index is 1120. The highest BCUT2D eigenvalue weighted by molar-refractivity contribution is 5.89. The molecule has 10 nitrogen and oxygen atoms in total. The van der Waals surface area contributed by atoms with Crippen LogP contribution < -0.4 is 16.4 Å². The van der Waals surface area contributed by atoms with Gasteiger partial charge in [0.05, 0.1) is 30.7 Å². The van der Waals surface area contributed by atoms with Crippen molar-refractivity contribution in [1.82, 2.24) is 24.7 Å². The molecule has 160 valence electrons. The summed E-state index contributed by atoms with van der Waals surface area (Å²) >= 11 is 0. The van der Waals surface area contributed by atoms with Crippen LogP contribution in [0.2, 0.25) is 0 Å². The van der Waals surface area contributed by atoms with Gasteiger partial charge in [0.1, 0.15) is 30.1 Å². The van der Waals surface area contributed by atoms with E-state index in [-0.39, 0.29) is 11.3 Å². The minimum Gasteiger partial charge on any atom is -0.398 e. The maximum atomic E-state index is 14.5. The SMILES string of the molecule is CN=CC(C=N)c1cc(C(N)c2cc(N3CCn4ncnc4C3)ncn2)c(N)cc1F. The number of aliphatic imine (C=N–C) groups is 1. The number of nitrogens with zero attached hydrogens (tertiary/aromatic N) is 7. The molecule has 11 heteroatoms. The number of halogens is 1. The monoisotopic (exact) mass is 422 g/mol. The Labute approximate surface area is 178 Å². The fourth-order valence-corrected chi connectivity index (χ4v) is 3.64. The number of aromatic nitrogens is 5. The van der Waals surface area contributed by atoms with Crippen LogP contribution in [0, 0.1) is 11.2 Å². The lowest BCUT2D eigenvalue weighted by atomic mass is 9.93. The number of rotatable bonds is 6. The molecule has 3 aromatic rings. The van der Waals surface area contributed by atoms with Crippen LogP contribution in [0.1, 0.15) is 34.6 Å². The summed E-state index contributed by atoms with van der Waals surface area (Å²) < 4.78 is 16.4. The van der Waals surface area contributed by atoms with Gasteiger partial charge in [-0.3, -0.25) is 4.99 Å². The van der Waals surface area contributed by atoms with Crippen molar-refractivity contribution in [3.05, 3.63) is 59.3 Å². The van der Waals surface area contributed by atoms with E-state index < -0.39 is 17.8 Å². The highest BCUT2D eigenvalue weighted by atomic mass is 19.1. The maximum Gasteiger partial charge on any atom is 0.146 e. The fraction of sp³-hybridized carbons (Fsp3) is 0.300. The topological polar surface area (TPSA) is 148 Å². The molecular formula is C20H23FN10. The molecular weight excluding hydrogens is 399 g/mol. The van der Waals surface area contributed by atoms with Crippen molar-refractivity contribution in [3.8, 4) is 0 Å². The third kappa shape index (κ3) is 3.99. The van der Waals surface area contributed by atoms with Crippen LogP contribution in [-0.4, -0.2) is 50.8 Å². The Morgan fingerprint density at radius 2 is 2.00 bits per heavy atom. The molecule has 3 heterocycles. The molecule has 2 aromatic heterocycles. The lowest BCUT2D eigenvalue weighted by Gasteiger charge is -2.28. The zero-order valence-electron chi connectivity index (χ0n) is 17.0. The highest BCUT2D eigenvalue weighted by Gasteiger charge is 2.23. The van der Waals surface area contributed by atoms with E-state index in [1.807, 2.05) is 4.68 Å². The van der Waals surface area contributed by atoms with Gasteiger partial charge in [0.15, 0.2) is 0 Å². The van der Waals surface area contributed by atoms with E-state index >= 15 is 0 Å². The first-order chi connectivity index (χ1) is 15.0. The molecule has 0 spiro atoms. The van der Waals surface area contributed by atoms with Crippen molar-refractivity contribution < 1.29 is 4.39 Å². The van der Waals surface area contributed by atoms with E-state index in [4.69, 9.17) is 16.9 Å². The van der Waals surface area contributed by atoms with E-state index in [1.165, 1.54) is 18.6 Å². The average molecular weight is 422 g/mol. The second-order valence-corrected chi connectivity index (χ2v) is 7.20. The molecule has 0 radical (unpaired) electrons. The van der Waals surface area contributed by atoms with Gasteiger partial charge in [0.25, 0.3) is 0 Å². The number of hydrogen-bond donors (Lipinski definition) is 3. The second kappa shape index (κ2) is 8.56. The summed E-state index contributed by atoms with van der Waals surface area (Å²) in [6.45, 7) is 2.01. The van der Waals surface area contributed by atoms with Crippen molar-refractivity contribution in [3.63, 3.8) is 0 Å². The van der Waals surface area contributed by atoms with Gasteiger partial charge in [-0.2, -0.15) is 5.10 Å². The smallest absolute Gasteiger partial charge is 0.146 e. The minimum atomic E-state index is -0.695. The zero-order valence-corrected chi connectivity index (χ0v) is 17.0. The summed E-state index contributed by atoms with van der Waals surface area (Å²) in [5.41, 5.74) is 14.1. The fourth-order valence-electron chi connectivity index (χ4n) is 3.64. The van der Waals surface area contributed by atoms with E-state index in [0.29, 0.717) is 30.2 Å². The predicted octanol–water partition coefficient (Wildman–Crippen LogP) is 1.29. The largest absolute Gasteiger partial charge is 0.398 e. The molecule has 0 saturated carbocycles. The predicted molar refractivity (Wildman–Crippen MR) is 116 cm³/mol. The highest BCUT2D eigenvalue weighted by Crippen LogP contribution is 2.30. The number of nitrogens with two attached hydrogens (primary N) is 2. The van der Waals surface area contributed by atoms with Gasteiger partial charge in [0.2, 0.25) is 0 Å². The van der Waals surface area contributed by atoms with Gasteiger partial charge >= 0.3 is 0 Å². The molecule has 2 atom stereocenters. The van der Waals surface area contributed by atoms with Crippen molar-refractivity contribution >= 4 is 23.9 Å². The Balaban J connectivity index is 1.65. The number of anilines is 2. The second-order valence-electron chi connectivity index (χ2n) is 7.20. The number of benzene rings is 1. The minimum absolute atomic E-state index is 0.220. The molecule has 0 bridgehead atoms. The molecule has 2 unspecified atom stereocenters. The Hall–Kier alpha value is -3.73. The summed E-state index contributed by atoms with van der Waals surface area (Å²) in [7, 11) is 1.57. The summed E-state index contributed by atoms with van der Waals surface area (Å²) in [5.74, 6) is 0.454. The van der Waals surface area contributed by atoms with Crippen LogP contribution in [0.3, 0.4) is 0 Å². The zero-order chi connectivity index (χ0) is 22.0. The molecule has 0 amide bonds. The molecule has 0 saturated heterocycles. The van der Waals surface area contributed by atoms with Crippen LogP contribution in [0.15, 0.2) is 35.8 Å². The summed E-state index contributed by atoms with van der Waals surface area (Å²) in [6, 6.07) is 3.92. The molecule has 5 N–H and O–H groups in total. The molecule has 0 aliphatic carbocycles. The summed E-state index contributed by atoms with van der Waals surface area (Å²) in [6.07, 6.45) is 5.61. The van der Waals surface area contributed by atoms with Gasteiger partial charge in [-0.05, 0) is 17.7 Å². The van der Waals surface area contributed by atoms with E-state index in [2.05, 4.69) is 29.9 Å². The summed E-state index contributed by atoms with van der Waals surface area (Å²) in [4.78, 5) is 19.0. The van der Waals surface area contributed by atoms with Crippen LogP contribution in [0.25, 0.3) is 0 Å². The molecule has 0 fully saturated rings. The van der Waals surface area contributed by atoms with Crippen molar-refractivity contribution in [2.24, 2.45) is 10.7 Å². The number of hydrogen-bond acceptors (Lipinski definition) is 9. The maximum absolute atomic E-state index is 14.5. The molecule has 1 aromatic carbocycles. The molecule has 31 heavy (non-hydrogen) atoms. The van der Waals surface area contributed by atoms with Crippen LogP contribution in [0.4, 0.5) is 15.9 Å². The third-order valence-electron chi connectivity index (χ3n) is 5.31. The average Bonchev–Trinajstić information content (AvgIpc) is 3.25. The van der Waals surface area contributed by atoms with Crippen molar-refractivity contribution in [2.45, 2.75) is 25.0 Å². The summed E-state index contributed by atoms with van der Waals surface area (Å²) in [5, 5.41) is 11.8. The van der Waals surface area contributed by atoms with Crippen LogP contribution in [-0.2, 0) is 13.1 Å². The first-order valence-electron chi connectivity index (χ1n) is 9.72. The molecule has 1 aliphatic rings. The standard InChI is InChI=1S/C20H23FN10/c1-25-8-12(7-22)13-4-14(16(23)5-15(13)21)20(24)17-6-18(27-10-26-17)30-2-3-31-19(9-30)28-11-29-31/h4-8,10-12,20,22H,2-3,9,23-24H2,1H3. The van der Waals surface area contributed by atoms with Gasteiger partial charge in [-0.25, -0.2) is 24.0 Å². The Kier molecular flexibility index (Phi) is 5.67. The van der Waals surface area contributed by atoms with E-state index in [9.17, 15) is 4.39 Å².